The van der Waals surface area contributed by atoms with Crippen LogP contribution in [0.1, 0.15) is 16.8 Å². The van der Waals surface area contributed by atoms with Gasteiger partial charge in [0.15, 0.2) is 17.5 Å². The molecule has 3 aromatic rings. The molecule has 0 unspecified atom stereocenters. The van der Waals surface area contributed by atoms with Gasteiger partial charge in [-0.15, -0.1) is 0 Å². The van der Waals surface area contributed by atoms with E-state index in [1.54, 1.807) is 13.0 Å². The lowest BCUT2D eigenvalue weighted by Crippen LogP contribution is -2.07. The summed E-state index contributed by atoms with van der Waals surface area (Å²) in [4.78, 5) is 8.39. The van der Waals surface area contributed by atoms with Gasteiger partial charge in [-0.2, -0.15) is 4.98 Å². The van der Waals surface area contributed by atoms with Gasteiger partial charge in [0, 0.05) is 18.3 Å². The van der Waals surface area contributed by atoms with E-state index in [-0.39, 0.29) is 11.6 Å². The van der Waals surface area contributed by atoms with Gasteiger partial charge >= 0.3 is 0 Å². The van der Waals surface area contributed by atoms with Crippen LogP contribution in [0.4, 0.5) is 30.6 Å². The third-order valence-electron chi connectivity index (χ3n) is 3.69. The van der Waals surface area contributed by atoms with Gasteiger partial charge < -0.3 is 10.6 Å². The van der Waals surface area contributed by atoms with Crippen molar-refractivity contribution in [3.8, 4) is 0 Å². The van der Waals surface area contributed by atoms with Crippen LogP contribution in [0, 0.1) is 31.3 Å². The maximum Gasteiger partial charge on any atom is 0.229 e. The number of nitrogens with one attached hydrogen (secondary N) is 2. The van der Waals surface area contributed by atoms with Crippen LogP contribution in [0.5, 0.6) is 0 Å². The first kappa shape index (κ1) is 17.7. The Morgan fingerprint density at radius 3 is 2.50 bits per heavy atom. The molecule has 0 radical (unpaired) electrons. The molecule has 26 heavy (non-hydrogen) atoms. The van der Waals surface area contributed by atoms with Crippen molar-refractivity contribution in [1.29, 1.82) is 0 Å². The van der Waals surface area contributed by atoms with Gasteiger partial charge in [0.2, 0.25) is 5.95 Å². The Morgan fingerprint density at radius 2 is 1.73 bits per heavy atom. The molecule has 0 spiro atoms. The van der Waals surface area contributed by atoms with Crippen LogP contribution in [0.25, 0.3) is 0 Å². The topological polar surface area (TPSA) is 49.8 Å². The number of halogens is 3. The van der Waals surface area contributed by atoms with Crippen molar-refractivity contribution in [3.05, 3.63) is 76.7 Å². The van der Waals surface area contributed by atoms with Crippen LogP contribution in [-0.2, 0) is 6.54 Å². The average molecular weight is 358 g/mol. The highest BCUT2D eigenvalue weighted by Gasteiger charge is 2.14. The van der Waals surface area contributed by atoms with E-state index < -0.39 is 17.5 Å². The molecule has 1 aromatic heterocycles. The van der Waals surface area contributed by atoms with Crippen molar-refractivity contribution in [2.24, 2.45) is 0 Å². The largest absolute Gasteiger partial charge is 0.366 e. The van der Waals surface area contributed by atoms with Gasteiger partial charge in [-0.3, -0.25) is 0 Å². The Kier molecular flexibility index (Phi) is 5.06. The number of aromatic nitrogens is 2. The minimum atomic E-state index is -1.54. The molecule has 134 valence electrons. The molecule has 2 N–H and O–H groups in total. The third-order valence-corrected chi connectivity index (χ3v) is 3.69. The Bertz CT molecular complexity index is 944. The summed E-state index contributed by atoms with van der Waals surface area (Å²) in [6.45, 7) is 4.32. The van der Waals surface area contributed by atoms with Gasteiger partial charge in [0.25, 0.3) is 0 Å². The summed E-state index contributed by atoms with van der Waals surface area (Å²) in [5.41, 5.74) is 2.64. The summed E-state index contributed by atoms with van der Waals surface area (Å²) >= 11 is 0. The number of anilines is 3. The number of hydrogen-bond donors (Lipinski definition) is 2. The highest BCUT2D eigenvalue weighted by molar-refractivity contribution is 5.56. The van der Waals surface area contributed by atoms with Crippen LogP contribution in [0.15, 0.2) is 42.5 Å². The van der Waals surface area contributed by atoms with E-state index in [2.05, 4.69) is 26.7 Å². The lowest BCUT2D eigenvalue weighted by atomic mass is 10.1. The summed E-state index contributed by atoms with van der Waals surface area (Å²) in [6.07, 6.45) is 0. The minimum Gasteiger partial charge on any atom is -0.366 e. The van der Waals surface area contributed by atoms with E-state index in [1.165, 1.54) is 0 Å². The molecule has 0 aliphatic carbocycles. The third kappa shape index (κ3) is 4.11. The molecular weight excluding hydrogens is 341 g/mol. The molecule has 0 saturated carbocycles. The number of nitrogens with zero attached hydrogens (tertiary/aromatic N) is 2. The number of benzene rings is 2. The maximum atomic E-state index is 13.8. The fourth-order valence-corrected chi connectivity index (χ4v) is 2.47. The molecule has 1 heterocycles. The van der Waals surface area contributed by atoms with Gasteiger partial charge in [-0.1, -0.05) is 29.8 Å². The zero-order chi connectivity index (χ0) is 18.7. The second-order valence-corrected chi connectivity index (χ2v) is 5.91. The summed E-state index contributed by atoms with van der Waals surface area (Å²) < 4.78 is 40.2. The normalized spacial score (nSPS) is 10.7. The summed E-state index contributed by atoms with van der Waals surface area (Å²) in [7, 11) is 0. The lowest BCUT2D eigenvalue weighted by molar-refractivity contribution is 0.449. The molecule has 0 atom stereocenters. The fourth-order valence-electron chi connectivity index (χ4n) is 2.47. The standard InChI is InChI=1S/C19H17F3N4/c1-11-4-3-5-13(8-11)10-23-16-9-12(2)24-19(26-16)25-15-7-6-14(20)17(21)18(15)22/h3-9H,10H2,1-2H3,(H2,23,24,25,26). The van der Waals surface area contributed by atoms with Gasteiger partial charge in [0.05, 0.1) is 5.69 Å². The van der Waals surface area contributed by atoms with Gasteiger partial charge in [0.1, 0.15) is 5.82 Å². The van der Waals surface area contributed by atoms with Crippen LogP contribution in [0.3, 0.4) is 0 Å². The second-order valence-electron chi connectivity index (χ2n) is 5.91. The van der Waals surface area contributed by atoms with Crippen molar-refractivity contribution in [1.82, 2.24) is 9.97 Å². The van der Waals surface area contributed by atoms with E-state index in [9.17, 15) is 13.2 Å². The predicted molar refractivity (Wildman–Crippen MR) is 94.9 cm³/mol. The van der Waals surface area contributed by atoms with E-state index in [4.69, 9.17) is 0 Å². The zero-order valence-corrected chi connectivity index (χ0v) is 14.3. The van der Waals surface area contributed by atoms with E-state index in [1.807, 2.05) is 25.1 Å². The first-order valence-corrected chi connectivity index (χ1v) is 7.98. The molecule has 0 aliphatic rings. The van der Waals surface area contributed by atoms with Crippen molar-refractivity contribution in [2.45, 2.75) is 20.4 Å². The Hall–Kier alpha value is -3.09. The minimum absolute atomic E-state index is 0.0849. The monoisotopic (exact) mass is 358 g/mol. The van der Waals surface area contributed by atoms with Crippen molar-refractivity contribution in [3.63, 3.8) is 0 Å². The smallest absolute Gasteiger partial charge is 0.229 e. The number of rotatable bonds is 5. The highest BCUT2D eigenvalue weighted by atomic mass is 19.2. The van der Waals surface area contributed by atoms with E-state index >= 15 is 0 Å². The molecule has 4 nitrogen and oxygen atoms in total. The molecule has 0 aliphatic heterocycles. The predicted octanol–water partition coefficient (Wildman–Crippen LogP) is 4.87. The summed E-state index contributed by atoms with van der Waals surface area (Å²) in [5.74, 6) is -3.49. The molecular formula is C19H17F3N4. The summed E-state index contributed by atoms with van der Waals surface area (Å²) in [5, 5.41) is 5.76. The molecule has 0 amide bonds. The van der Waals surface area contributed by atoms with Crippen molar-refractivity contribution >= 4 is 17.5 Å². The average Bonchev–Trinajstić information content (AvgIpc) is 2.60. The SMILES string of the molecule is Cc1cccc(CNc2cc(C)nc(Nc3ccc(F)c(F)c3F)n2)c1. The van der Waals surface area contributed by atoms with E-state index in [0.29, 0.717) is 18.1 Å². The second kappa shape index (κ2) is 7.43. The number of hydrogen-bond acceptors (Lipinski definition) is 4. The Balaban J connectivity index is 1.78. The van der Waals surface area contributed by atoms with Crippen LogP contribution in [-0.4, -0.2) is 9.97 Å². The maximum absolute atomic E-state index is 13.8. The van der Waals surface area contributed by atoms with Crippen molar-refractivity contribution < 1.29 is 13.2 Å². The van der Waals surface area contributed by atoms with Crippen LogP contribution >= 0.6 is 0 Å². The molecule has 0 fully saturated rings. The highest BCUT2D eigenvalue weighted by Crippen LogP contribution is 2.23. The van der Waals surface area contributed by atoms with Gasteiger partial charge in [-0.05, 0) is 31.5 Å². The molecule has 0 saturated heterocycles. The van der Waals surface area contributed by atoms with Gasteiger partial charge in [-0.25, -0.2) is 18.2 Å². The summed E-state index contributed by atoms with van der Waals surface area (Å²) in [6, 6.07) is 11.7. The number of aryl methyl sites for hydroxylation is 2. The fraction of sp³-hybridized carbons (Fsp3) is 0.158. The molecule has 2 aromatic carbocycles. The molecule has 7 heteroatoms. The molecule has 3 rings (SSSR count). The zero-order valence-electron chi connectivity index (χ0n) is 14.3. The van der Waals surface area contributed by atoms with Crippen LogP contribution in [0.2, 0.25) is 0 Å². The van der Waals surface area contributed by atoms with E-state index in [0.717, 1.165) is 23.3 Å². The Labute approximate surface area is 149 Å². The quantitative estimate of drug-likeness (QED) is 0.639. The first-order chi connectivity index (χ1) is 12.4. The van der Waals surface area contributed by atoms with Crippen LogP contribution < -0.4 is 10.6 Å². The molecule has 0 bridgehead atoms. The lowest BCUT2D eigenvalue weighted by Gasteiger charge is -2.11. The first-order valence-electron chi connectivity index (χ1n) is 7.98. The van der Waals surface area contributed by atoms with Crippen molar-refractivity contribution in [2.75, 3.05) is 10.6 Å². The Morgan fingerprint density at radius 1 is 0.923 bits per heavy atom.